The van der Waals surface area contributed by atoms with Gasteiger partial charge in [0, 0.05) is 66.3 Å². The molecular weight excluding hydrogens is 640 g/mol. The molecule has 4 atom stereocenters. The summed E-state index contributed by atoms with van der Waals surface area (Å²) in [6, 6.07) is 12.1. The predicted octanol–water partition coefficient (Wildman–Crippen LogP) is 6.55. The van der Waals surface area contributed by atoms with Crippen LogP contribution in [0.5, 0.6) is 0 Å². The van der Waals surface area contributed by atoms with Crippen molar-refractivity contribution >= 4 is 37.3 Å². The molecule has 3 aromatic rings. The SMILES string of the molecule is CC(C)=CCC/C(C)=C/CN1C(=O)[C@]2(O[C@H](CCn3cc(CCO)nn3)[C@@H]([Si](C)(C)F)[C@@H]2C)c2cc(NC(=O)c3ccc(N)cc3)ccc21. The maximum absolute atomic E-state index is 16.3. The van der Waals surface area contributed by atoms with E-state index in [0.717, 1.165) is 12.8 Å². The highest BCUT2D eigenvalue weighted by atomic mass is 28.4. The van der Waals surface area contributed by atoms with E-state index in [1.54, 1.807) is 59.2 Å². The average Bonchev–Trinajstić information content (AvgIpc) is 3.68. The van der Waals surface area contributed by atoms with E-state index in [4.69, 9.17) is 10.5 Å². The second-order valence-corrected chi connectivity index (χ2v) is 17.9. The number of anilines is 3. The fraction of sp³-hybridized carbons (Fsp3) is 0.459. The molecule has 12 heteroatoms. The van der Waals surface area contributed by atoms with Crippen molar-refractivity contribution in [3.63, 3.8) is 0 Å². The van der Waals surface area contributed by atoms with Crippen LogP contribution >= 0.6 is 0 Å². The van der Waals surface area contributed by atoms with Gasteiger partial charge in [-0.15, -0.1) is 5.10 Å². The molecule has 10 nitrogen and oxygen atoms in total. The topological polar surface area (TPSA) is 136 Å². The lowest BCUT2D eigenvalue weighted by molar-refractivity contribution is -0.145. The molecule has 4 N–H and O–H groups in total. The Morgan fingerprint density at radius 1 is 1.16 bits per heavy atom. The fourth-order valence-corrected chi connectivity index (χ4v) is 9.83. The first-order valence-electron chi connectivity index (χ1n) is 17.0. The first-order valence-corrected chi connectivity index (χ1v) is 20.0. The lowest BCUT2D eigenvalue weighted by atomic mass is 9.82. The number of carbonyl (C=O) groups is 2. The second kappa shape index (κ2) is 14.8. The molecule has 2 aliphatic rings. The number of hydrogen-bond acceptors (Lipinski definition) is 7. The number of aliphatic hydroxyl groups is 1. The number of aliphatic hydroxyl groups excluding tert-OH is 1. The van der Waals surface area contributed by atoms with Gasteiger partial charge in [0.2, 0.25) is 8.41 Å². The van der Waals surface area contributed by atoms with Crippen molar-refractivity contribution in [2.75, 3.05) is 29.1 Å². The van der Waals surface area contributed by atoms with Gasteiger partial charge < -0.3 is 29.9 Å². The first kappa shape index (κ1) is 36.2. The number of nitrogens with two attached hydrogens (primary N) is 1. The molecular formula is C37H49FN6O4Si. The summed E-state index contributed by atoms with van der Waals surface area (Å²) in [5.41, 5.74) is 9.84. The number of benzene rings is 2. The molecule has 1 saturated heterocycles. The minimum Gasteiger partial charge on any atom is -0.399 e. The number of nitrogens with one attached hydrogen (secondary N) is 1. The van der Waals surface area contributed by atoms with E-state index < -0.39 is 31.6 Å². The van der Waals surface area contributed by atoms with Crippen LogP contribution in [0.15, 0.2) is 72.0 Å². The van der Waals surface area contributed by atoms with Gasteiger partial charge in [-0.1, -0.05) is 35.4 Å². The van der Waals surface area contributed by atoms with Crippen LogP contribution in [-0.4, -0.2) is 59.6 Å². The Hall–Kier alpha value is -4.13. The standard InChI is InChI=1S/C37H49FN6O4Si/c1-24(2)8-7-9-25(3)16-20-44-32-15-14-29(40-35(46)27-10-12-28(39)13-11-27)22-31(32)37(36(44)47)26(4)34(49(5,6)38)33(48-37)17-19-43-23-30(18-21-45)41-42-43/h8,10-16,22-23,26,33-34,45H,7,9,17-21,39H2,1-6H3,(H,40,46)/b25-16+/t26-,33+,34-,37+/m0/s1. The highest BCUT2D eigenvalue weighted by Gasteiger charge is 2.66. The van der Waals surface area contributed by atoms with E-state index in [1.807, 2.05) is 19.1 Å². The Bertz CT molecular complexity index is 1730. The summed E-state index contributed by atoms with van der Waals surface area (Å²) in [4.78, 5) is 29.7. The monoisotopic (exact) mass is 688 g/mol. The summed E-state index contributed by atoms with van der Waals surface area (Å²) in [5, 5.41) is 20.6. The molecule has 5 rings (SSSR count). The number of fused-ring (bicyclic) bond motifs is 2. The van der Waals surface area contributed by atoms with Crippen LogP contribution in [-0.2, 0) is 28.1 Å². The molecule has 0 unspecified atom stereocenters. The van der Waals surface area contributed by atoms with Crippen molar-refractivity contribution in [2.45, 2.75) is 90.3 Å². The van der Waals surface area contributed by atoms with Crippen LogP contribution in [0.25, 0.3) is 0 Å². The number of nitrogen functional groups attached to an aromatic ring is 1. The van der Waals surface area contributed by atoms with Gasteiger partial charge in [0.15, 0.2) is 5.60 Å². The van der Waals surface area contributed by atoms with Crippen LogP contribution in [0.4, 0.5) is 21.2 Å². The number of aromatic nitrogens is 3. The summed E-state index contributed by atoms with van der Waals surface area (Å²) >= 11 is 0. The highest BCUT2D eigenvalue weighted by Crippen LogP contribution is 2.60. The lowest BCUT2D eigenvalue weighted by Gasteiger charge is -2.31. The molecule has 2 aliphatic heterocycles. The third-order valence-electron chi connectivity index (χ3n) is 9.70. The summed E-state index contributed by atoms with van der Waals surface area (Å²) < 4.78 is 24.9. The van der Waals surface area contributed by atoms with Gasteiger partial charge in [-0.05, 0) is 95.6 Å². The molecule has 0 radical (unpaired) electrons. The van der Waals surface area contributed by atoms with E-state index in [2.05, 4.69) is 48.6 Å². The van der Waals surface area contributed by atoms with Gasteiger partial charge in [0.25, 0.3) is 11.8 Å². The fourth-order valence-electron chi connectivity index (χ4n) is 7.29. The molecule has 262 valence electrons. The van der Waals surface area contributed by atoms with E-state index >= 15 is 4.11 Å². The largest absolute Gasteiger partial charge is 0.399 e. The van der Waals surface area contributed by atoms with Gasteiger partial charge in [-0.3, -0.25) is 14.3 Å². The smallest absolute Gasteiger partial charge is 0.264 e. The van der Waals surface area contributed by atoms with E-state index in [9.17, 15) is 14.7 Å². The maximum Gasteiger partial charge on any atom is 0.264 e. The Balaban J connectivity index is 1.51. The Labute approximate surface area is 289 Å². The molecule has 1 fully saturated rings. The van der Waals surface area contributed by atoms with Gasteiger partial charge >= 0.3 is 0 Å². The number of aryl methyl sites for hydroxylation is 1. The summed E-state index contributed by atoms with van der Waals surface area (Å²) in [6.45, 7) is 12.3. The molecule has 3 heterocycles. The Morgan fingerprint density at radius 3 is 2.57 bits per heavy atom. The zero-order valence-corrected chi connectivity index (χ0v) is 30.4. The second-order valence-electron chi connectivity index (χ2n) is 14.1. The van der Waals surface area contributed by atoms with Crippen molar-refractivity contribution in [3.05, 3.63) is 88.8 Å². The molecule has 1 spiro atoms. The molecule has 0 aliphatic carbocycles. The van der Waals surface area contributed by atoms with Crippen molar-refractivity contribution in [2.24, 2.45) is 5.92 Å². The van der Waals surface area contributed by atoms with Crippen molar-refractivity contribution in [3.8, 4) is 0 Å². The van der Waals surface area contributed by atoms with Crippen molar-refractivity contribution in [1.29, 1.82) is 0 Å². The van der Waals surface area contributed by atoms with E-state index in [-0.39, 0.29) is 18.4 Å². The summed E-state index contributed by atoms with van der Waals surface area (Å²) in [7, 11) is -3.38. The summed E-state index contributed by atoms with van der Waals surface area (Å²) in [5.74, 6) is -1.01. The first-order chi connectivity index (χ1) is 23.2. The van der Waals surface area contributed by atoms with E-state index in [1.165, 1.54) is 11.1 Å². The number of amides is 2. The van der Waals surface area contributed by atoms with Gasteiger partial charge in [0.05, 0.1) is 17.5 Å². The number of ether oxygens (including phenoxy) is 1. The van der Waals surface area contributed by atoms with Crippen molar-refractivity contribution in [1.82, 2.24) is 15.0 Å². The molecule has 49 heavy (non-hydrogen) atoms. The zero-order chi connectivity index (χ0) is 35.5. The number of rotatable bonds is 13. The Kier molecular flexibility index (Phi) is 10.9. The number of nitrogens with zero attached hydrogens (tertiary/aromatic N) is 4. The van der Waals surface area contributed by atoms with Crippen LogP contribution in [0.2, 0.25) is 18.6 Å². The third kappa shape index (κ3) is 7.71. The van der Waals surface area contributed by atoms with Crippen LogP contribution in [0.1, 0.15) is 68.6 Å². The zero-order valence-electron chi connectivity index (χ0n) is 29.4. The molecule has 0 saturated carbocycles. The lowest BCUT2D eigenvalue weighted by Crippen LogP contribution is -2.45. The molecule has 0 bridgehead atoms. The number of halogens is 1. The number of carbonyl (C=O) groups excluding carboxylic acids is 2. The van der Waals surface area contributed by atoms with Crippen LogP contribution in [0, 0.1) is 5.92 Å². The summed E-state index contributed by atoms with van der Waals surface area (Å²) in [6.07, 6.45) is 8.12. The highest BCUT2D eigenvalue weighted by molar-refractivity contribution is 6.72. The Morgan fingerprint density at radius 2 is 1.90 bits per heavy atom. The maximum atomic E-state index is 16.3. The molecule has 1 aromatic heterocycles. The minimum atomic E-state index is -3.38. The molecule has 2 amide bonds. The van der Waals surface area contributed by atoms with Crippen molar-refractivity contribution < 1.29 is 23.5 Å². The van der Waals surface area contributed by atoms with E-state index in [0.29, 0.717) is 59.8 Å². The van der Waals surface area contributed by atoms with Gasteiger partial charge in [0.1, 0.15) is 0 Å². The van der Waals surface area contributed by atoms with Crippen LogP contribution < -0.4 is 16.0 Å². The molecule has 2 aromatic carbocycles. The average molecular weight is 689 g/mol. The quantitative estimate of drug-likeness (QED) is 0.0802. The minimum absolute atomic E-state index is 0.0290. The van der Waals surface area contributed by atoms with Gasteiger partial charge in [-0.2, -0.15) is 0 Å². The normalized spacial score (nSPS) is 22.1. The predicted molar refractivity (Wildman–Crippen MR) is 194 cm³/mol. The number of allylic oxidation sites excluding steroid dienone is 3. The third-order valence-corrected chi connectivity index (χ3v) is 12.2. The van der Waals surface area contributed by atoms with Gasteiger partial charge in [-0.25, -0.2) is 0 Å². The van der Waals surface area contributed by atoms with Crippen LogP contribution in [0.3, 0.4) is 0 Å². The number of hydrogen-bond donors (Lipinski definition) is 3.